The number of halogens is 1. The largest absolute Gasteiger partial charge is 0.336 e. The van der Waals surface area contributed by atoms with Crippen LogP contribution in [0.15, 0.2) is 71.3 Å². The standard InChI is InChI=1S/C24H21ClN4O2/c25-19-10-8-18(9-11-19)24(30)29-14-12-28(13-15-29)16-22-26-23(31-27-22)21-7-3-5-17-4-1-2-6-20(17)21/h1-11H,12-16H2. The van der Waals surface area contributed by atoms with E-state index in [-0.39, 0.29) is 5.91 Å². The summed E-state index contributed by atoms with van der Waals surface area (Å²) < 4.78 is 5.56. The quantitative estimate of drug-likeness (QED) is 0.475. The number of carbonyl (C=O) groups excluding carboxylic acids is 1. The van der Waals surface area contributed by atoms with Gasteiger partial charge in [-0.25, -0.2) is 0 Å². The first kappa shape index (κ1) is 19.7. The number of rotatable bonds is 4. The maximum Gasteiger partial charge on any atom is 0.258 e. The van der Waals surface area contributed by atoms with E-state index >= 15 is 0 Å². The molecule has 1 aliphatic heterocycles. The van der Waals surface area contributed by atoms with Crippen LogP contribution in [-0.2, 0) is 6.54 Å². The predicted molar refractivity (Wildman–Crippen MR) is 120 cm³/mol. The first-order chi connectivity index (χ1) is 15.2. The van der Waals surface area contributed by atoms with Crippen molar-refractivity contribution in [3.05, 3.63) is 83.1 Å². The van der Waals surface area contributed by atoms with Crippen LogP contribution in [0.3, 0.4) is 0 Å². The highest BCUT2D eigenvalue weighted by molar-refractivity contribution is 6.30. The molecule has 1 aromatic heterocycles. The minimum absolute atomic E-state index is 0.0362. The number of nitrogens with zero attached hydrogens (tertiary/aromatic N) is 4. The monoisotopic (exact) mass is 432 g/mol. The summed E-state index contributed by atoms with van der Waals surface area (Å²) in [6.07, 6.45) is 0. The average molecular weight is 433 g/mol. The molecule has 3 aromatic carbocycles. The van der Waals surface area contributed by atoms with Crippen LogP contribution in [0.4, 0.5) is 0 Å². The van der Waals surface area contributed by atoms with Gasteiger partial charge in [-0.15, -0.1) is 0 Å². The lowest BCUT2D eigenvalue weighted by Crippen LogP contribution is -2.48. The second kappa shape index (κ2) is 8.49. The van der Waals surface area contributed by atoms with Crippen LogP contribution < -0.4 is 0 Å². The van der Waals surface area contributed by atoms with E-state index in [0.29, 0.717) is 41.9 Å². The van der Waals surface area contributed by atoms with E-state index in [2.05, 4.69) is 33.2 Å². The Morgan fingerprint density at radius 2 is 1.68 bits per heavy atom. The highest BCUT2D eigenvalue weighted by atomic mass is 35.5. The Bertz CT molecular complexity index is 1210. The third-order valence-corrected chi connectivity index (χ3v) is 5.86. The van der Waals surface area contributed by atoms with Crippen LogP contribution >= 0.6 is 11.6 Å². The lowest BCUT2D eigenvalue weighted by atomic mass is 10.0. The molecule has 1 aliphatic rings. The smallest absolute Gasteiger partial charge is 0.258 e. The zero-order valence-corrected chi connectivity index (χ0v) is 17.6. The minimum Gasteiger partial charge on any atom is -0.336 e. The van der Waals surface area contributed by atoms with Crippen molar-refractivity contribution < 1.29 is 9.32 Å². The molecule has 0 radical (unpaired) electrons. The van der Waals surface area contributed by atoms with Crippen LogP contribution in [0.5, 0.6) is 0 Å². The topological polar surface area (TPSA) is 62.5 Å². The van der Waals surface area contributed by atoms with Gasteiger partial charge in [-0.1, -0.05) is 53.2 Å². The Morgan fingerprint density at radius 3 is 2.48 bits per heavy atom. The van der Waals surface area contributed by atoms with Crippen molar-refractivity contribution in [1.82, 2.24) is 19.9 Å². The molecule has 0 unspecified atom stereocenters. The number of piperazine rings is 1. The third kappa shape index (κ3) is 4.17. The summed E-state index contributed by atoms with van der Waals surface area (Å²) in [4.78, 5) is 21.4. The highest BCUT2D eigenvalue weighted by Gasteiger charge is 2.23. The van der Waals surface area contributed by atoms with Gasteiger partial charge in [0.15, 0.2) is 5.82 Å². The summed E-state index contributed by atoms with van der Waals surface area (Å²) in [5, 5.41) is 7.04. The second-order valence-corrected chi connectivity index (χ2v) is 8.05. The van der Waals surface area contributed by atoms with Gasteiger partial charge in [-0.05, 0) is 41.1 Å². The molecule has 1 saturated heterocycles. The normalized spacial score (nSPS) is 14.8. The Hall–Kier alpha value is -3.22. The van der Waals surface area contributed by atoms with Gasteiger partial charge in [0, 0.05) is 42.3 Å². The first-order valence-electron chi connectivity index (χ1n) is 10.3. The van der Waals surface area contributed by atoms with Crippen molar-refractivity contribution in [3.8, 4) is 11.5 Å². The molecule has 1 amide bonds. The number of hydrogen-bond acceptors (Lipinski definition) is 5. The van der Waals surface area contributed by atoms with Gasteiger partial charge in [0.05, 0.1) is 6.54 Å². The number of amides is 1. The van der Waals surface area contributed by atoms with Crippen LogP contribution in [0.25, 0.3) is 22.2 Å². The van der Waals surface area contributed by atoms with Crippen molar-refractivity contribution >= 4 is 28.3 Å². The summed E-state index contributed by atoms with van der Waals surface area (Å²) in [6.45, 7) is 3.44. The molecule has 4 aromatic rings. The zero-order valence-electron chi connectivity index (χ0n) is 16.9. The maximum absolute atomic E-state index is 12.7. The van der Waals surface area contributed by atoms with Crippen LogP contribution in [0.1, 0.15) is 16.2 Å². The maximum atomic E-state index is 12.7. The molecule has 0 aliphatic carbocycles. The Morgan fingerprint density at radius 1 is 0.935 bits per heavy atom. The Labute approximate surface area is 185 Å². The molecule has 1 fully saturated rings. The molecular formula is C24H21ClN4O2. The fraction of sp³-hybridized carbons (Fsp3) is 0.208. The molecule has 2 heterocycles. The summed E-state index contributed by atoms with van der Waals surface area (Å²) >= 11 is 5.92. The predicted octanol–water partition coefficient (Wildman–Crippen LogP) is 4.50. The first-order valence-corrected chi connectivity index (χ1v) is 10.6. The number of hydrogen-bond donors (Lipinski definition) is 0. The lowest BCUT2D eigenvalue weighted by Gasteiger charge is -2.34. The van der Waals surface area contributed by atoms with Crippen molar-refractivity contribution in [2.75, 3.05) is 26.2 Å². The van der Waals surface area contributed by atoms with Crippen molar-refractivity contribution in [3.63, 3.8) is 0 Å². The fourth-order valence-electron chi connectivity index (χ4n) is 3.92. The van der Waals surface area contributed by atoms with Gasteiger partial charge in [-0.3, -0.25) is 9.69 Å². The van der Waals surface area contributed by atoms with Crippen molar-refractivity contribution in [2.45, 2.75) is 6.54 Å². The van der Waals surface area contributed by atoms with Gasteiger partial charge < -0.3 is 9.42 Å². The van der Waals surface area contributed by atoms with E-state index in [1.54, 1.807) is 24.3 Å². The SMILES string of the molecule is O=C(c1ccc(Cl)cc1)N1CCN(Cc2noc(-c3cccc4ccccc34)n2)CC1. The van der Waals surface area contributed by atoms with E-state index < -0.39 is 0 Å². The molecule has 0 atom stereocenters. The van der Waals surface area contributed by atoms with Gasteiger partial charge in [0.25, 0.3) is 11.8 Å². The highest BCUT2D eigenvalue weighted by Crippen LogP contribution is 2.27. The molecule has 7 heteroatoms. The van der Waals surface area contributed by atoms with Crippen LogP contribution in [0, 0.1) is 0 Å². The minimum atomic E-state index is 0.0362. The molecule has 0 N–H and O–H groups in total. The van der Waals surface area contributed by atoms with Gasteiger partial charge in [-0.2, -0.15) is 4.98 Å². The average Bonchev–Trinajstić information content (AvgIpc) is 3.27. The van der Waals surface area contributed by atoms with Crippen LogP contribution in [-0.4, -0.2) is 52.0 Å². The summed E-state index contributed by atoms with van der Waals surface area (Å²) in [6, 6.07) is 21.3. The van der Waals surface area contributed by atoms with E-state index in [4.69, 9.17) is 16.1 Å². The zero-order chi connectivity index (χ0) is 21.2. The van der Waals surface area contributed by atoms with Gasteiger partial charge in [0.2, 0.25) is 0 Å². The Balaban J connectivity index is 1.23. The molecular weight excluding hydrogens is 412 g/mol. The van der Waals surface area contributed by atoms with E-state index in [1.807, 2.05) is 29.2 Å². The van der Waals surface area contributed by atoms with E-state index in [0.717, 1.165) is 29.4 Å². The molecule has 0 spiro atoms. The van der Waals surface area contributed by atoms with Gasteiger partial charge in [0.1, 0.15) is 0 Å². The number of carbonyl (C=O) groups is 1. The number of aromatic nitrogens is 2. The molecule has 6 nitrogen and oxygen atoms in total. The van der Waals surface area contributed by atoms with E-state index in [9.17, 15) is 4.79 Å². The van der Waals surface area contributed by atoms with Gasteiger partial charge >= 0.3 is 0 Å². The summed E-state index contributed by atoms with van der Waals surface area (Å²) in [5.74, 6) is 1.22. The van der Waals surface area contributed by atoms with Crippen molar-refractivity contribution in [2.24, 2.45) is 0 Å². The number of benzene rings is 3. The summed E-state index contributed by atoms with van der Waals surface area (Å²) in [7, 11) is 0. The molecule has 31 heavy (non-hydrogen) atoms. The van der Waals surface area contributed by atoms with E-state index in [1.165, 1.54) is 0 Å². The Kier molecular flexibility index (Phi) is 5.40. The molecule has 0 bridgehead atoms. The summed E-state index contributed by atoms with van der Waals surface area (Å²) in [5.41, 5.74) is 1.60. The number of fused-ring (bicyclic) bond motifs is 1. The lowest BCUT2D eigenvalue weighted by molar-refractivity contribution is 0.0624. The van der Waals surface area contributed by atoms with Crippen LogP contribution in [0.2, 0.25) is 5.02 Å². The third-order valence-electron chi connectivity index (χ3n) is 5.60. The molecule has 0 saturated carbocycles. The van der Waals surface area contributed by atoms with Crippen molar-refractivity contribution in [1.29, 1.82) is 0 Å². The molecule has 5 rings (SSSR count). The fourth-order valence-corrected chi connectivity index (χ4v) is 4.05. The molecule has 156 valence electrons. The second-order valence-electron chi connectivity index (χ2n) is 7.62.